The zero-order valence-electron chi connectivity index (χ0n) is 11.8. The molecule has 0 aliphatic carbocycles. The van der Waals surface area contributed by atoms with Crippen molar-refractivity contribution in [2.75, 3.05) is 46.2 Å². The first-order valence-corrected chi connectivity index (χ1v) is 6.60. The van der Waals surface area contributed by atoms with E-state index in [-0.39, 0.29) is 6.61 Å². The van der Waals surface area contributed by atoms with Crippen molar-refractivity contribution in [3.05, 3.63) is 22.3 Å². The van der Waals surface area contributed by atoms with Crippen LogP contribution in [0.4, 0.5) is 0 Å². The van der Waals surface area contributed by atoms with Gasteiger partial charge < -0.3 is 19.3 Å². The summed E-state index contributed by atoms with van der Waals surface area (Å²) in [6.07, 6.45) is 1.67. The first kappa shape index (κ1) is 17.3. The molecule has 0 atom stereocenters. The van der Waals surface area contributed by atoms with Crippen molar-refractivity contribution in [2.24, 2.45) is 5.11 Å². The minimum Gasteiger partial charge on any atom is -0.390 e. The van der Waals surface area contributed by atoms with Gasteiger partial charge in [-0.25, -0.2) is 4.68 Å². The molecule has 0 aliphatic rings. The molecule has 0 spiro atoms. The Morgan fingerprint density at radius 1 is 1.14 bits per heavy atom. The van der Waals surface area contributed by atoms with Gasteiger partial charge in [-0.05, 0) is 5.53 Å². The van der Waals surface area contributed by atoms with E-state index in [1.54, 1.807) is 10.9 Å². The summed E-state index contributed by atoms with van der Waals surface area (Å²) in [6, 6.07) is 0. The van der Waals surface area contributed by atoms with Crippen LogP contribution >= 0.6 is 0 Å². The number of azide groups is 1. The maximum absolute atomic E-state index is 8.83. The van der Waals surface area contributed by atoms with E-state index in [4.69, 9.17) is 24.8 Å². The fraction of sp³-hybridized carbons (Fsp3) is 0.818. The fourth-order valence-corrected chi connectivity index (χ4v) is 1.37. The molecule has 1 N–H and O–H groups in total. The third-order valence-corrected chi connectivity index (χ3v) is 2.36. The Labute approximate surface area is 122 Å². The molecule has 1 heterocycles. The number of ether oxygens (including phenoxy) is 3. The van der Waals surface area contributed by atoms with Crippen molar-refractivity contribution in [1.82, 2.24) is 15.0 Å². The molecule has 1 aromatic rings. The Morgan fingerprint density at radius 2 is 1.81 bits per heavy atom. The molecule has 0 aromatic carbocycles. The lowest BCUT2D eigenvalue weighted by Crippen LogP contribution is -2.13. The maximum Gasteiger partial charge on any atom is 0.108 e. The average molecular weight is 300 g/mol. The van der Waals surface area contributed by atoms with E-state index in [1.807, 2.05) is 0 Å². The van der Waals surface area contributed by atoms with Gasteiger partial charge in [0.2, 0.25) is 0 Å². The van der Waals surface area contributed by atoms with Crippen LogP contribution in [0, 0.1) is 0 Å². The third-order valence-electron chi connectivity index (χ3n) is 2.36. The van der Waals surface area contributed by atoms with Gasteiger partial charge in [-0.2, -0.15) is 0 Å². The molecule has 1 rings (SSSR count). The first-order valence-electron chi connectivity index (χ1n) is 6.60. The van der Waals surface area contributed by atoms with Gasteiger partial charge in [0.25, 0.3) is 0 Å². The second-order valence-electron chi connectivity index (χ2n) is 3.92. The lowest BCUT2D eigenvalue weighted by atomic mass is 10.5. The number of nitrogens with zero attached hydrogens (tertiary/aromatic N) is 6. The van der Waals surface area contributed by atoms with E-state index >= 15 is 0 Å². The second kappa shape index (κ2) is 12.1. The number of hydrogen-bond acceptors (Lipinski definition) is 7. The van der Waals surface area contributed by atoms with E-state index < -0.39 is 0 Å². The van der Waals surface area contributed by atoms with Gasteiger partial charge in [0.1, 0.15) is 5.69 Å². The lowest BCUT2D eigenvalue weighted by Gasteiger charge is -2.06. The summed E-state index contributed by atoms with van der Waals surface area (Å²) >= 11 is 0. The Morgan fingerprint density at radius 3 is 2.43 bits per heavy atom. The molecule has 10 nitrogen and oxygen atoms in total. The highest BCUT2D eigenvalue weighted by Gasteiger charge is 1.98. The lowest BCUT2D eigenvalue weighted by molar-refractivity contribution is 0.0141. The van der Waals surface area contributed by atoms with Crippen LogP contribution in [0.15, 0.2) is 11.3 Å². The van der Waals surface area contributed by atoms with Gasteiger partial charge in [0.15, 0.2) is 0 Å². The van der Waals surface area contributed by atoms with Crippen LogP contribution in [0.1, 0.15) is 5.69 Å². The number of aliphatic hydroxyl groups excluding tert-OH is 1. The van der Waals surface area contributed by atoms with Gasteiger partial charge in [0, 0.05) is 11.5 Å². The van der Waals surface area contributed by atoms with Crippen LogP contribution in [0.5, 0.6) is 0 Å². The monoisotopic (exact) mass is 300 g/mol. The highest BCUT2D eigenvalue weighted by atomic mass is 16.5. The molecule has 0 unspecified atom stereocenters. The Kier molecular flexibility index (Phi) is 9.96. The molecule has 0 saturated carbocycles. The van der Waals surface area contributed by atoms with Crippen LogP contribution in [-0.2, 0) is 27.4 Å². The Bertz CT molecular complexity index is 421. The number of aromatic nitrogens is 3. The summed E-state index contributed by atoms with van der Waals surface area (Å²) in [5, 5.41) is 19.7. The first-order chi connectivity index (χ1) is 10.4. The zero-order valence-corrected chi connectivity index (χ0v) is 11.8. The van der Waals surface area contributed by atoms with E-state index in [0.29, 0.717) is 58.4 Å². The molecular weight excluding hydrogens is 280 g/mol. The summed E-state index contributed by atoms with van der Waals surface area (Å²) in [5.74, 6) is 0. The van der Waals surface area contributed by atoms with Crippen molar-refractivity contribution >= 4 is 0 Å². The average Bonchev–Trinajstić information content (AvgIpc) is 2.96. The normalized spacial score (nSPS) is 10.5. The quantitative estimate of drug-likeness (QED) is 0.239. The summed E-state index contributed by atoms with van der Waals surface area (Å²) < 4.78 is 17.4. The van der Waals surface area contributed by atoms with Crippen LogP contribution < -0.4 is 0 Å². The van der Waals surface area contributed by atoms with Crippen molar-refractivity contribution in [2.45, 2.75) is 13.2 Å². The Balaban J connectivity index is 1.83. The van der Waals surface area contributed by atoms with Crippen LogP contribution in [0.3, 0.4) is 0 Å². The summed E-state index contributed by atoms with van der Waals surface area (Å²) in [4.78, 5) is 2.61. The number of rotatable bonds is 13. The van der Waals surface area contributed by atoms with E-state index in [9.17, 15) is 0 Å². The highest BCUT2D eigenvalue weighted by molar-refractivity contribution is 4.88. The minimum atomic E-state index is -0.111. The standard InChI is InChI=1S/C11H20N6O4/c12-15-13-1-3-19-5-7-21-8-6-20-4-2-17-9-11(10-18)14-16-17/h9,18H,1-8,10H2. The van der Waals surface area contributed by atoms with E-state index in [1.165, 1.54) is 0 Å². The van der Waals surface area contributed by atoms with Gasteiger partial charge in [-0.3, -0.25) is 0 Å². The van der Waals surface area contributed by atoms with Gasteiger partial charge in [-0.1, -0.05) is 10.3 Å². The minimum absolute atomic E-state index is 0.111. The van der Waals surface area contributed by atoms with Crippen molar-refractivity contribution in [3.63, 3.8) is 0 Å². The number of aliphatic hydroxyl groups is 1. The topological polar surface area (TPSA) is 127 Å². The molecule has 21 heavy (non-hydrogen) atoms. The van der Waals surface area contributed by atoms with Gasteiger partial charge in [0.05, 0.1) is 59.0 Å². The molecule has 10 heteroatoms. The summed E-state index contributed by atoms with van der Waals surface area (Å²) in [7, 11) is 0. The fourth-order valence-electron chi connectivity index (χ4n) is 1.37. The molecule has 0 fully saturated rings. The largest absolute Gasteiger partial charge is 0.390 e. The molecule has 0 amide bonds. The van der Waals surface area contributed by atoms with Crippen LogP contribution in [0.2, 0.25) is 0 Å². The van der Waals surface area contributed by atoms with Crippen LogP contribution in [-0.4, -0.2) is 66.3 Å². The Hall–Kier alpha value is -1.71. The predicted molar refractivity (Wildman–Crippen MR) is 72.4 cm³/mol. The van der Waals surface area contributed by atoms with Crippen molar-refractivity contribution < 1.29 is 19.3 Å². The molecular formula is C11H20N6O4. The molecule has 118 valence electrons. The van der Waals surface area contributed by atoms with E-state index in [0.717, 1.165) is 0 Å². The maximum atomic E-state index is 8.83. The predicted octanol–water partition coefficient (Wildman–Crippen LogP) is 0.130. The summed E-state index contributed by atoms with van der Waals surface area (Å²) in [6.45, 7) is 3.61. The smallest absolute Gasteiger partial charge is 0.108 e. The molecule has 0 bridgehead atoms. The zero-order chi connectivity index (χ0) is 15.2. The van der Waals surface area contributed by atoms with E-state index in [2.05, 4.69) is 20.3 Å². The molecule has 1 aromatic heterocycles. The van der Waals surface area contributed by atoms with Crippen molar-refractivity contribution in [3.8, 4) is 0 Å². The summed E-state index contributed by atoms with van der Waals surface area (Å²) in [5.41, 5.74) is 8.58. The number of hydrogen-bond donors (Lipinski definition) is 1. The van der Waals surface area contributed by atoms with Crippen LogP contribution in [0.25, 0.3) is 10.4 Å². The SMILES string of the molecule is [N-]=[N+]=NCCOCCOCCOCCn1cc(CO)nn1. The molecule has 0 radical (unpaired) electrons. The molecule has 0 aliphatic heterocycles. The second-order valence-corrected chi connectivity index (χ2v) is 3.92. The third kappa shape index (κ3) is 8.95. The molecule has 0 saturated heterocycles. The van der Waals surface area contributed by atoms with Gasteiger partial charge in [-0.15, -0.1) is 5.10 Å². The van der Waals surface area contributed by atoms with Gasteiger partial charge >= 0.3 is 0 Å². The highest BCUT2D eigenvalue weighted by Crippen LogP contribution is 1.92. The van der Waals surface area contributed by atoms with Crippen molar-refractivity contribution in [1.29, 1.82) is 0 Å².